The molecule has 1 rings (SSSR count). The zero-order valence-corrected chi connectivity index (χ0v) is 10.7. The van der Waals surface area contributed by atoms with Gasteiger partial charge in [-0.2, -0.15) is 5.26 Å². The van der Waals surface area contributed by atoms with Crippen molar-refractivity contribution in [1.82, 2.24) is 0 Å². The summed E-state index contributed by atoms with van der Waals surface area (Å²) in [6.07, 6.45) is 1.13. The molecule has 1 aromatic rings. The Morgan fingerprint density at radius 1 is 1.44 bits per heavy atom. The summed E-state index contributed by atoms with van der Waals surface area (Å²) in [7, 11) is 0. The van der Waals surface area contributed by atoms with Gasteiger partial charge in [0.15, 0.2) is 0 Å². The van der Waals surface area contributed by atoms with Gasteiger partial charge in [-0.25, -0.2) is 0 Å². The standard InChI is InChI=1S/C13H17ClN2/c1-4-9(2)10(3)16-13-6-5-11(8-15)7-12(13)14/h5-7,9-10,16H,4H2,1-3H3. The molecule has 2 unspecified atom stereocenters. The second kappa shape index (κ2) is 5.77. The lowest BCUT2D eigenvalue weighted by Crippen LogP contribution is -2.23. The number of halogens is 1. The Morgan fingerprint density at radius 3 is 2.62 bits per heavy atom. The molecule has 2 nitrogen and oxygen atoms in total. The average molecular weight is 237 g/mol. The van der Waals surface area contributed by atoms with Gasteiger partial charge in [0.25, 0.3) is 0 Å². The first kappa shape index (κ1) is 12.9. The molecule has 1 N–H and O–H groups in total. The summed E-state index contributed by atoms with van der Waals surface area (Å²) in [4.78, 5) is 0. The highest BCUT2D eigenvalue weighted by Gasteiger charge is 2.11. The minimum absolute atomic E-state index is 0.371. The van der Waals surface area contributed by atoms with Gasteiger partial charge in [0.1, 0.15) is 0 Å². The molecule has 0 fully saturated rings. The van der Waals surface area contributed by atoms with Crippen molar-refractivity contribution in [3.05, 3.63) is 28.8 Å². The fraction of sp³-hybridized carbons (Fsp3) is 0.462. The quantitative estimate of drug-likeness (QED) is 0.856. The molecular formula is C13H17ClN2. The maximum atomic E-state index is 8.73. The van der Waals surface area contributed by atoms with Crippen LogP contribution in [-0.2, 0) is 0 Å². The molecule has 2 atom stereocenters. The van der Waals surface area contributed by atoms with Crippen molar-refractivity contribution in [1.29, 1.82) is 5.26 Å². The number of hydrogen-bond donors (Lipinski definition) is 1. The maximum Gasteiger partial charge on any atom is 0.0992 e. The summed E-state index contributed by atoms with van der Waals surface area (Å²) in [6, 6.07) is 7.76. The van der Waals surface area contributed by atoms with Crippen LogP contribution in [0, 0.1) is 17.2 Å². The van der Waals surface area contributed by atoms with E-state index in [1.165, 1.54) is 0 Å². The van der Waals surface area contributed by atoms with Gasteiger partial charge in [-0.05, 0) is 31.0 Å². The van der Waals surface area contributed by atoms with Crippen molar-refractivity contribution in [2.45, 2.75) is 33.2 Å². The van der Waals surface area contributed by atoms with Crippen LogP contribution in [0.25, 0.3) is 0 Å². The number of nitrogens with zero attached hydrogens (tertiary/aromatic N) is 1. The Balaban J connectivity index is 2.79. The number of nitriles is 1. The van der Waals surface area contributed by atoms with Crippen LogP contribution in [-0.4, -0.2) is 6.04 Å². The maximum absolute atomic E-state index is 8.73. The van der Waals surface area contributed by atoms with Gasteiger partial charge in [-0.3, -0.25) is 0 Å². The van der Waals surface area contributed by atoms with E-state index in [1.54, 1.807) is 12.1 Å². The van der Waals surface area contributed by atoms with Crippen LogP contribution in [0.4, 0.5) is 5.69 Å². The van der Waals surface area contributed by atoms with Gasteiger partial charge >= 0.3 is 0 Å². The monoisotopic (exact) mass is 236 g/mol. The first-order valence-electron chi connectivity index (χ1n) is 5.54. The first-order valence-corrected chi connectivity index (χ1v) is 5.92. The molecule has 0 aliphatic heterocycles. The molecule has 0 aliphatic rings. The van der Waals surface area contributed by atoms with Crippen LogP contribution < -0.4 is 5.32 Å². The number of anilines is 1. The van der Waals surface area contributed by atoms with Crippen molar-refractivity contribution in [2.24, 2.45) is 5.92 Å². The topological polar surface area (TPSA) is 35.8 Å². The summed E-state index contributed by atoms with van der Waals surface area (Å²) >= 11 is 6.09. The zero-order valence-electron chi connectivity index (χ0n) is 9.92. The van der Waals surface area contributed by atoms with Crippen LogP contribution in [0.2, 0.25) is 5.02 Å². The highest BCUT2D eigenvalue weighted by Crippen LogP contribution is 2.25. The van der Waals surface area contributed by atoms with E-state index in [2.05, 4.69) is 32.2 Å². The largest absolute Gasteiger partial charge is 0.381 e. The molecular weight excluding hydrogens is 220 g/mol. The van der Waals surface area contributed by atoms with E-state index < -0.39 is 0 Å². The Labute approximate surface area is 102 Å². The molecule has 0 aromatic heterocycles. The molecule has 0 heterocycles. The highest BCUT2D eigenvalue weighted by atomic mass is 35.5. The molecule has 0 radical (unpaired) electrons. The van der Waals surface area contributed by atoms with Gasteiger partial charge in [-0.1, -0.05) is 31.9 Å². The van der Waals surface area contributed by atoms with Crippen LogP contribution in [0.1, 0.15) is 32.8 Å². The van der Waals surface area contributed by atoms with Gasteiger partial charge in [-0.15, -0.1) is 0 Å². The minimum atomic E-state index is 0.371. The summed E-state index contributed by atoms with van der Waals surface area (Å²) in [5.41, 5.74) is 1.49. The molecule has 0 spiro atoms. The number of rotatable bonds is 4. The Morgan fingerprint density at radius 2 is 2.12 bits per heavy atom. The van der Waals surface area contributed by atoms with Crippen LogP contribution >= 0.6 is 11.6 Å². The Kier molecular flexibility index (Phi) is 4.64. The minimum Gasteiger partial charge on any atom is -0.381 e. The molecule has 86 valence electrons. The molecule has 0 amide bonds. The van der Waals surface area contributed by atoms with Crippen molar-refractivity contribution < 1.29 is 0 Å². The predicted octanol–water partition coefficient (Wildman–Crippen LogP) is 4.06. The Hall–Kier alpha value is -1.20. The number of hydrogen-bond acceptors (Lipinski definition) is 2. The van der Waals surface area contributed by atoms with Crippen LogP contribution in [0.3, 0.4) is 0 Å². The second-order valence-electron chi connectivity index (χ2n) is 4.12. The summed E-state index contributed by atoms with van der Waals surface area (Å²) in [6.45, 7) is 6.52. The molecule has 0 saturated heterocycles. The normalized spacial score (nSPS) is 13.9. The third kappa shape index (κ3) is 3.15. The zero-order chi connectivity index (χ0) is 12.1. The van der Waals surface area contributed by atoms with E-state index in [0.29, 0.717) is 22.5 Å². The average Bonchev–Trinajstić information content (AvgIpc) is 2.30. The van der Waals surface area contributed by atoms with Gasteiger partial charge < -0.3 is 5.32 Å². The summed E-state index contributed by atoms with van der Waals surface area (Å²) < 4.78 is 0. The highest BCUT2D eigenvalue weighted by molar-refractivity contribution is 6.33. The van der Waals surface area contributed by atoms with E-state index in [9.17, 15) is 0 Å². The van der Waals surface area contributed by atoms with Crippen molar-refractivity contribution in [3.63, 3.8) is 0 Å². The van der Waals surface area contributed by atoms with E-state index in [0.717, 1.165) is 12.1 Å². The fourth-order valence-corrected chi connectivity index (χ4v) is 1.68. The molecule has 0 aliphatic carbocycles. The van der Waals surface area contributed by atoms with Crippen LogP contribution in [0.15, 0.2) is 18.2 Å². The van der Waals surface area contributed by atoms with Gasteiger partial charge in [0, 0.05) is 6.04 Å². The smallest absolute Gasteiger partial charge is 0.0992 e. The van der Waals surface area contributed by atoms with Crippen molar-refractivity contribution in [2.75, 3.05) is 5.32 Å². The molecule has 16 heavy (non-hydrogen) atoms. The lowest BCUT2D eigenvalue weighted by Gasteiger charge is -2.21. The second-order valence-corrected chi connectivity index (χ2v) is 4.53. The number of nitrogens with one attached hydrogen (secondary N) is 1. The molecule has 1 aromatic carbocycles. The van der Waals surface area contributed by atoms with Gasteiger partial charge in [0.05, 0.1) is 22.3 Å². The van der Waals surface area contributed by atoms with E-state index in [1.807, 2.05) is 6.07 Å². The SMILES string of the molecule is CCC(C)C(C)Nc1ccc(C#N)cc1Cl. The third-order valence-corrected chi connectivity index (χ3v) is 3.29. The predicted molar refractivity (Wildman–Crippen MR) is 68.7 cm³/mol. The van der Waals surface area contributed by atoms with Gasteiger partial charge in [0.2, 0.25) is 0 Å². The molecule has 0 saturated carbocycles. The van der Waals surface area contributed by atoms with E-state index in [-0.39, 0.29) is 0 Å². The summed E-state index contributed by atoms with van der Waals surface area (Å²) in [5, 5.41) is 12.7. The lowest BCUT2D eigenvalue weighted by atomic mass is 10.0. The lowest BCUT2D eigenvalue weighted by molar-refractivity contribution is 0.495. The molecule has 0 bridgehead atoms. The van der Waals surface area contributed by atoms with Crippen molar-refractivity contribution >= 4 is 17.3 Å². The van der Waals surface area contributed by atoms with Crippen molar-refractivity contribution in [3.8, 4) is 6.07 Å². The van der Waals surface area contributed by atoms with E-state index in [4.69, 9.17) is 16.9 Å². The van der Waals surface area contributed by atoms with E-state index >= 15 is 0 Å². The Bertz CT molecular complexity index is 395. The molecule has 3 heteroatoms. The summed E-state index contributed by atoms with van der Waals surface area (Å²) in [5.74, 6) is 0.590. The fourth-order valence-electron chi connectivity index (χ4n) is 1.44. The third-order valence-electron chi connectivity index (χ3n) is 2.98. The first-order chi connectivity index (χ1) is 7.58. The van der Waals surface area contributed by atoms with Crippen LogP contribution in [0.5, 0.6) is 0 Å². The number of benzene rings is 1.